The Labute approximate surface area is 178 Å². The Kier molecular flexibility index (Phi) is 7.97. The number of carbonyl (C=O) groups is 1. The van der Waals surface area contributed by atoms with E-state index in [1.807, 2.05) is 0 Å². The van der Waals surface area contributed by atoms with Gasteiger partial charge in [0.25, 0.3) is 5.91 Å². The van der Waals surface area contributed by atoms with Crippen molar-refractivity contribution >= 4 is 34.5 Å². The van der Waals surface area contributed by atoms with Gasteiger partial charge in [0.2, 0.25) is 0 Å². The predicted octanol–water partition coefficient (Wildman–Crippen LogP) is 2.96. The van der Waals surface area contributed by atoms with Crippen LogP contribution in [0.3, 0.4) is 0 Å². The molecule has 0 unspecified atom stereocenters. The van der Waals surface area contributed by atoms with Crippen LogP contribution in [0.1, 0.15) is 23.7 Å². The highest BCUT2D eigenvalue weighted by Crippen LogP contribution is 2.24. The van der Waals surface area contributed by atoms with Crippen LogP contribution in [0.25, 0.3) is 11.0 Å². The van der Waals surface area contributed by atoms with Crippen LogP contribution in [0.15, 0.2) is 35.6 Å². The van der Waals surface area contributed by atoms with Gasteiger partial charge in [0.1, 0.15) is 11.6 Å². The molecule has 160 valence electrons. The number of aromatic nitrogens is 4. The van der Waals surface area contributed by atoms with E-state index in [1.54, 1.807) is 29.8 Å². The Balaban J connectivity index is 1.72. The van der Waals surface area contributed by atoms with E-state index in [1.165, 1.54) is 24.3 Å². The van der Waals surface area contributed by atoms with Crippen molar-refractivity contribution in [2.45, 2.75) is 25.0 Å². The van der Waals surface area contributed by atoms with Crippen LogP contribution in [0.5, 0.6) is 0 Å². The molecule has 0 aliphatic rings. The number of nitrogens with zero attached hydrogens (tertiary/aromatic N) is 4. The van der Waals surface area contributed by atoms with Gasteiger partial charge in [-0.25, -0.2) is 19.0 Å². The molecule has 0 bridgehead atoms. The van der Waals surface area contributed by atoms with Gasteiger partial charge in [0.05, 0.1) is 24.7 Å². The van der Waals surface area contributed by atoms with Crippen molar-refractivity contribution in [3.63, 3.8) is 0 Å². The van der Waals surface area contributed by atoms with Crippen LogP contribution < -0.4 is 10.6 Å². The van der Waals surface area contributed by atoms with Crippen molar-refractivity contribution in [1.29, 1.82) is 0 Å². The molecule has 0 aliphatic carbocycles. The molecule has 0 saturated carbocycles. The number of carbonyl (C=O) groups excluding carboxylic acids is 1. The van der Waals surface area contributed by atoms with Gasteiger partial charge in [-0.15, -0.1) is 0 Å². The fraction of sp³-hybridized carbons (Fsp3) is 0.400. The lowest BCUT2D eigenvalue weighted by Crippen LogP contribution is -2.27. The largest absolute Gasteiger partial charge is 0.383 e. The molecule has 2 heterocycles. The van der Waals surface area contributed by atoms with Crippen LogP contribution in [-0.4, -0.2) is 58.2 Å². The average molecular weight is 433 g/mol. The maximum absolute atomic E-state index is 13.0. The number of nitrogens with one attached hydrogen (secondary N) is 2. The van der Waals surface area contributed by atoms with E-state index < -0.39 is 0 Å². The van der Waals surface area contributed by atoms with Crippen molar-refractivity contribution in [3.05, 3.63) is 41.8 Å². The second-order valence-corrected chi connectivity index (χ2v) is 7.55. The molecule has 8 nitrogen and oxygen atoms in total. The van der Waals surface area contributed by atoms with Crippen LogP contribution in [0.4, 0.5) is 10.2 Å². The zero-order valence-electron chi connectivity index (χ0n) is 17.0. The summed E-state index contributed by atoms with van der Waals surface area (Å²) in [5.41, 5.74) is 1.12. The monoisotopic (exact) mass is 432 g/mol. The van der Waals surface area contributed by atoms with E-state index in [9.17, 15) is 9.18 Å². The van der Waals surface area contributed by atoms with Crippen molar-refractivity contribution < 1.29 is 13.9 Å². The van der Waals surface area contributed by atoms with Gasteiger partial charge in [-0.2, -0.15) is 5.10 Å². The molecule has 0 atom stereocenters. The number of thioether (sulfide) groups is 1. The Morgan fingerprint density at radius 1 is 1.23 bits per heavy atom. The molecule has 30 heavy (non-hydrogen) atoms. The summed E-state index contributed by atoms with van der Waals surface area (Å²) in [6.45, 7) is 4.10. The minimum atomic E-state index is -0.374. The summed E-state index contributed by atoms with van der Waals surface area (Å²) in [5.74, 6) is 1.01. The minimum absolute atomic E-state index is 0.262. The molecule has 2 aromatic heterocycles. The summed E-state index contributed by atoms with van der Waals surface area (Å²) in [6.07, 6.45) is 2.74. The summed E-state index contributed by atoms with van der Waals surface area (Å²) < 4.78 is 19.9. The summed E-state index contributed by atoms with van der Waals surface area (Å²) in [5, 5.41) is 12.0. The zero-order valence-corrected chi connectivity index (χ0v) is 17.8. The Morgan fingerprint density at radius 2 is 2.03 bits per heavy atom. The third-order valence-corrected chi connectivity index (χ3v) is 5.28. The quantitative estimate of drug-likeness (QED) is 0.273. The Hall–Kier alpha value is -2.72. The van der Waals surface area contributed by atoms with E-state index >= 15 is 0 Å². The van der Waals surface area contributed by atoms with E-state index in [4.69, 9.17) is 4.74 Å². The highest BCUT2D eigenvalue weighted by molar-refractivity contribution is 7.99. The molecule has 0 saturated heterocycles. The molecule has 0 radical (unpaired) electrons. The summed E-state index contributed by atoms with van der Waals surface area (Å²) in [7, 11) is 1.65. The van der Waals surface area contributed by atoms with Crippen LogP contribution >= 0.6 is 11.8 Å². The number of anilines is 1. The summed E-state index contributed by atoms with van der Waals surface area (Å²) in [6, 6.07) is 5.44. The lowest BCUT2D eigenvalue weighted by molar-refractivity contribution is 0.0952. The number of fused-ring (bicyclic) bond motifs is 1. The number of hydrogen-bond acceptors (Lipinski definition) is 7. The Morgan fingerprint density at radius 3 is 2.77 bits per heavy atom. The number of hydrogen-bond donors (Lipinski definition) is 2. The first-order chi connectivity index (χ1) is 14.6. The highest BCUT2D eigenvalue weighted by Gasteiger charge is 2.14. The minimum Gasteiger partial charge on any atom is -0.383 e. The van der Waals surface area contributed by atoms with Gasteiger partial charge >= 0.3 is 0 Å². The van der Waals surface area contributed by atoms with E-state index in [-0.39, 0.29) is 11.7 Å². The van der Waals surface area contributed by atoms with Gasteiger partial charge in [-0.05, 0) is 30.7 Å². The average Bonchev–Trinajstić information content (AvgIpc) is 3.16. The zero-order chi connectivity index (χ0) is 21.3. The summed E-state index contributed by atoms with van der Waals surface area (Å²) in [4.78, 5) is 21.5. The molecule has 0 fully saturated rings. The molecule has 2 N–H and O–H groups in total. The van der Waals surface area contributed by atoms with Crippen LogP contribution in [-0.2, 0) is 11.3 Å². The number of methoxy groups -OCH3 is 1. The van der Waals surface area contributed by atoms with Crippen molar-refractivity contribution in [2.75, 3.05) is 37.9 Å². The molecule has 0 aliphatic heterocycles. The molecule has 1 amide bonds. The fourth-order valence-corrected chi connectivity index (χ4v) is 3.44. The SMILES string of the molecule is CCCSc1nc(NCCOC)c2cnn(CCNC(=O)c3ccc(F)cc3)c2n1. The molecular formula is C20H25FN6O2S. The number of rotatable bonds is 11. The third kappa shape index (κ3) is 5.67. The molecule has 10 heteroatoms. The molecular weight excluding hydrogens is 407 g/mol. The fourth-order valence-electron chi connectivity index (χ4n) is 2.74. The maximum atomic E-state index is 13.0. The van der Waals surface area contributed by atoms with Gasteiger partial charge < -0.3 is 15.4 Å². The Bertz CT molecular complexity index is 979. The standard InChI is InChI=1S/C20H25FN6O2S/c1-3-12-30-20-25-17(22-9-11-29-2)16-13-24-27(18(16)26-20)10-8-23-19(28)14-4-6-15(21)7-5-14/h4-7,13H,3,8-12H2,1-2H3,(H,23,28)(H,22,25,26). The van der Waals surface area contributed by atoms with Gasteiger partial charge in [0, 0.05) is 31.5 Å². The van der Waals surface area contributed by atoms with E-state index in [0.717, 1.165) is 23.4 Å². The third-order valence-electron chi connectivity index (χ3n) is 4.23. The first kappa shape index (κ1) is 22.0. The maximum Gasteiger partial charge on any atom is 0.251 e. The molecule has 3 aromatic rings. The second kappa shape index (κ2) is 10.9. The van der Waals surface area contributed by atoms with Crippen LogP contribution in [0.2, 0.25) is 0 Å². The van der Waals surface area contributed by atoms with Crippen molar-refractivity contribution in [3.8, 4) is 0 Å². The van der Waals surface area contributed by atoms with Gasteiger partial charge in [0.15, 0.2) is 10.8 Å². The van der Waals surface area contributed by atoms with Crippen LogP contribution in [0, 0.1) is 5.82 Å². The highest BCUT2D eigenvalue weighted by atomic mass is 32.2. The van der Waals surface area contributed by atoms with Crippen molar-refractivity contribution in [1.82, 2.24) is 25.1 Å². The number of halogens is 1. The lowest BCUT2D eigenvalue weighted by Gasteiger charge is -2.10. The van der Waals surface area contributed by atoms with Gasteiger partial charge in [-0.3, -0.25) is 4.79 Å². The first-order valence-electron chi connectivity index (χ1n) is 9.75. The topological polar surface area (TPSA) is 94.0 Å². The van der Waals surface area contributed by atoms with Gasteiger partial charge in [-0.1, -0.05) is 18.7 Å². The number of amides is 1. The smallest absolute Gasteiger partial charge is 0.251 e. The van der Waals surface area contributed by atoms with E-state index in [2.05, 4.69) is 32.6 Å². The molecule has 1 aromatic carbocycles. The number of ether oxygens (including phenoxy) is 1. The molecule has 0 spiro atoms. The predicted molar refractivity (Wildman–Crippen MR) is 115 cm³/mol. The van der Waals surface area contributed by atoms with E-state index in [0.29, 0.717) is 42.6 Å². The number of benzene rings is 1. The molecule has 3 rings (SSSR count). The van der Waals surface area contributed by atoms with Crippen molar-refractivity contribution in [2.24, 2.45) is 0 Å². The second-order valence-electron chi connectivity index (χ2n) is 6.49. The normalized spacial score (nSPS) is 11.0. The summed E-state index contributed by atoms with van der Waals surface area (Å²) >= 11 is 1.59. The first-order valence-corrected chi connectivity index (χ1v) is 10.7. The lowest BCUT2D eigenvalue weighted by atomic mass is 10.2.